The van der Waals surface area contributed by atoms with Crippen LogP contribution in [0.15, 0.2) is 83.8 Å². The van der Waals surface area contributed by atoms with Crippen molar-refractivity contribution in [2.45, 2.75) is 0 Å². The molecule has 0 aliphatic rings. The Bertz CT molecular complexity index is 1980. The van der Waals surface area contributed by atoms with E-state index < -0.39 is 0 Å². The highest BCUT2D eigenvalue weighted by molar-refractivity contribution is 7.15. The summed E-state index contributed by atoms with van der Waals surface area (Å²) >= 11 is 1.28. The third kappa shape index (κ3) is 5.20. The maximum absolute atomic E-state index is 13.3. The molecule has 0 unspecified atom stereocenters. The normalized spacial score (nSPS) is 11.9. The average Bonchev–Trinajstić information content (AvgIpc) is 3.71. The van der Waals surface area contributed by atoms with E-state index in [4.69, 9.17) is 19.3 Å². The molecule has 3 heterocycles. The minimum Gasteiger partial charge on any atom is -0.497 e. The molecule has 9 nitrogen and oxygen atoms in total. The number of nitrogens with zero attached hydrogens (tertiary/aromatic N) is 5. The lowest BCUT2D eigenvalue weighted by Crippen LogP contribution is -2.23. The zero-order valence-electron chi connectivity index (χ0n) is 22.5. The van der Waals surface area contributed by atoms with Gasteiger partial charge >= 0.3 is 0 Å². The van der Waals surface area contributed by atoms with E-state index in [-0.39, 0.29) is 5.56 Å². The summed E-state index contributed by atoms with van der Waals surface area (Å²) in [5.41, 5.74) is 3.90. The van der Waals surface area contributed by atoms with Gasteiger partial charge in [-0.15, -0.1) is 5.10 Å². The lowest BCUT2D eigenvalue weighted by atomic mass is 10.1. The van der Waals surface area contributed by atoms with Gasteiger partial charge in [0.2, 0.25) is 4.96 Å². The maximum atomic E-state index is 13.3. The fourth-order valence-electron chi connectivity index (χ4n) is 4.36. The molecule has 3 aromatic carbocycles. The molecule has 10 heteroatoms. The number of rotatable bonds is 8. The number of thiazole rings is 1. The van der Waals surface area contributed by atoms with Crippen molar-refractivity contribution in [1.29, 1.82) is 0 Å². The Morgan fingerprint density at radius 1 is 0.829 bits per heavy atom. The van der Waals surface area contributed by atoms with Crippen molar-refractivity contribution in [3.05, 3.63) is 111 Å². The number of ether oxygens (including phenoxy) is 3. The van der Waals surface area contributed by atoms with E-state index in [0.29, 0.717) is 32.5 Å². The molecule has 0 spiro atoms. The number of methoxy groups -OCH3 is 3. The Hall–Kier alpha value is -5.22. The molecular formula is C31H25N5O4S. The molecule has 0 atom stereocenters. The van der Waals surface area contributed by atoms with Crippen LogP contribution in [0.3, 0.4) is 0 Å². The van der Waals surface area contributed by atoms with Gasteiger partial charge in [0.1, 0.15) is 11.4 Å². The highest BCUT2D eigenvalue weighted by atomic mass is 32.1. The second-order valence-corrected chi connectivity index (χ2v) is 9.98. The Labute approximate surface area is 239 Å². The Kier molecular flexibility index (Phi) is 7.05. The lowest BCUT2D eigenvalue weighted by Gasteiger charge is -2.09. The Morgan fingerprint density at radius 2 is 1.61 bits per heavy atom. The van der Waals surface area contributed by atoms with Crippen LogP contribution < -0.4 is 24.3 Å². The summed E-state index contributed by atoms with van der Waals surface area (Å²) in [6, 6.07) is 23.1. The SMILES string of the molecule is COc1ccc(/C=C/c2nc3s/c(=C\c4cn(-c5ccccc5)nc4-c4ccc(OC)c(OC)c4)c(=O)n3n2)cc1. The van der Waals surface area contributed by atoms with Crippen LogP contribution in [0.4, 0.5) is 0 Å². The van der Waals surface area contributed by atoms with Gasteiger partial charge in [-0.1, -0.05) is 47.7 Å². The smallest absolute Gasteiger partial charge is 0.291 e. The molecule has 0 aliphatic carbocycles. The van der Waals surface area contributed by atoms with Crippen molar-refractivity contribution < 1.29 is 14.2 Å². The van der Waals surface area contributed by atoms with E-state index in [1.165, 1.54) is 15.9 Å². The first kappa shape index (κ1) is 26.0. The number of para-hydroxylation sites is 1. The summed E-state index contributed by atoms with van der Waals surface area (Å²) in [4.78, 5) is 18.4. The van der Waals surface area contributed by atoms with Crippen molar-refractivity contribution in [2.75, 3.05) is 21.3 Å². The summed E-state index contributed by atoms with van der Waals surface area (Å²) in [6.45, 7) is 0. The molecule has 0 amide bonds. The predicted molar refractivity (Wildman–Crippen MR) is 160 cm³/mol. The average molecular weight is 564 g/mol. The van der Waals surface area contributed by atoms with Gasteiger partial charge in [-0.2, -0.15) is 14.6 Å². The van der Waals surface area contributed by atoms with Crippen LogP contribution in [0.25, 0.3) is 40.1 Å². The summed E-state index contributed by atoms with van der Waals surface area (Å²) in [6.07, 6.45) is 7.40. The first-order valence-corrected chi connectivity index (χ1v) is 13.5. The quantitative estimate of drug-likeness (QED) is 0.264. The van der Waals surface area contributed by atoms with Gasteiger partial charge in [0.25, 0.3) is 5.56 Å². The van der Waals surface area contributed by atoms with Crippen LogP contribution in [-0.4, -0.2) is 45.7 Å². The second kappa shape index (κ2) is 11.1. The summed E-state index contributed by atoms with van der Waals surface area (Å²) in [5.74, 6) is 2.45. The fraction of sp³-hybridized carbons (Fsp3) is 0.0968. The van der Waals surface area contributed by atoms with Crippen LogP contribution in [0.2, 0.25) is 0 Å². The Morgan fingerprint density at radius 3 is 2.32 bits per heavy atom. The highest BCUT2D eigenvalue weighted by Gasteiger charge is 2.16. The van der Waals surface area contributed by atoms with Crippen molar-refractivity contribution in [3.63, 3.8) is 0 Å². The van der Waals surface area contributed by atoms with Crippen LogP contribution in [0.5, 0.6) is 17.2 Å². The van der Waals surface area contributed by atoms with Gasteiger partial charge in [0, 0.05) is 17.3 Å². The largest absolute Gasteiger partial charge is 0.497 e. The monoisotopic (exact) mass is 563 g/mol. The van der Waals surface area contributed by atoms with Crippen molar-refractivity contribution in [3.8, 4) is 34.2 Å². The van der Waals surface area contributed by atoms with Crippen LogP contribution in [0, 0.1) is 0 Å². The zero-order chi connectivity index (χ0) is 28.3. The Balaban J connectivity index is 1.40. The topological polar surface area (TPSA) is 92.8 Å². The molecule has 0 N–H and O–H groups in total. The van der Waals surface area contributed by atoms with Crippen molar-refractivity contribution >= 4 is 34.5 Å². The molecule has 6 rings (SSSR count). The van der Waals surface area contributed by atoms with Crippen LogP contribution >= 0.6 is 11.3 Å². The number of fused-ring (bicyclic) bond motifs is 1. The molecule has 0 fully saturated rings. The third-order valence-electron chi connectivity index (χ3n) is 6.45. The number of aromatic nitrogens is 5. The van der Waals surface area contributed by atoms with Gasteiger partial charge in [0.05, 0.1) is 31.5 Å². The fourth-order valence-corrected chi connectivity index (χ4v) is 5.27. The molecule has 204 valence electrons. The lowest BCUT2D eigenvalue weighted by molar-refractivity contribution is 0.355. The minimum atomic E-state index is -0.243. The third-order valence-corrected chi connectivity index (χ3v) is 7.40. The summed E-state index contributed by atoms with van der Waals surface area (Å²) in [7, 11) is 4.82. The second-order valence-electron chi connectivity index (χ2n) is 8.97. The van der Waals surface area contributed by atoms with Gasteiger partial charge in [-0.3, -0.25) is 4.79 Å². The maximum Gasteiger partial charge on any atom is 0.291 e. The molecule has 6 aromatic rings. The minimum absolute atomic E-state index is 0.243. The molecule has 0 bridgehead atoms. The summed E-state index contributed by atoms with van der Waals surface area (Å²) in [5, 5.41) is 9.28. The molecular weight excluding hydrogens is 538 g/mol. The van der Waals surface area contributed by atoms with E-state index >= 15 is 0 Å². The molecule has 0 aliphatic heterocycles. The highest BCUT2D eigenvalue weighted by Crippen LogP contribution is 2.33. The molecule has 0 saturated carbocycles. The van der Waals surface area contributed by atoms with Gasteiger partial charge in [0.15, 0.2) is 17.3 Å². The number of benzene rings is 3. The van der Waals surface area contributed by atoms with E-state index in [9.17, 15) is 4.79 Å². The van der Waals surface area contributed by atoms with E-state index in [0.717, 1.165) is 28.1 Å². The van der Waals surface area contributed by atoms with Gasteiger partial charge in [-0.05, 0) is 60.2 Å². The number of hydrogen-bond acceptors (Lipinski definition) is 8. The molecule has 41 heavy (non-hydrogen) atoms. The molecule has 3 aromatic heterocycles. The predicted octanol–water partition coefficient (Wildman–Crippen LogP) is 4.75. The first-order chi connectivity index (χ1) is 20.1. The standard InChI is InChI=1S/C31H25N5O4S/c1-38-24-13-9-20(10-14-24)11-16-28-32-31-36(33-28)30(37)27(41-31)18-22-19-35(23-7-5-4-6-8-23)34-29(22)21-12-15-25(39-2)26(17-21)40-3/h4-19H,1-3H3/b16-11+,27-18-. The van der Waals surface area contributed by atoms with E-state index in [2.05, 4.69) is 10.1 Å². The van der Waals surface area contributed by atoms with Gasteiger partial charge in [-0.25, -0.2) is 4.68 Å². The number of hydrogen-bond donors (Lipinski definition) is 0. The summed E-state index contributed by atoms with van der Waals surface area (Å²) < 4.78 is 19.8. The van der Waals surface area contributed by atoms with E-state index in [1.807, 2.05) is 91.1 Å². The first-order valence-electron chi connectivity index (χ1n) is 12.7. The van der Waals surface area contributed by atoms with Crippen molar-refractivity contribution in [2.24, 2.45) is 0 Å². The molecule has 0 saturated heterocycles. The molecule has 0 radical (unpaired) electrons. The van der Waals surface area contributed by atoms with Crippen molar-refractivity contribution in [1.82, 2.24) is 24.4 Å². The van der Waals surface area contributed by atoms with Gasteiger partial charge < -0.3 is 14.2 Å². The van der Waals surface area contributed by atoms with Crippen LogP contribution in [0.1, 0.15) is 17.0 Å². The zero-order valence-corrected chi connectivity index (χ0v) is 23.3. The van der Waals surface area contributed by atoms with E-state index in [1.54, 1.807) is 32.1 Å². The van der Waals surface area contributed by atoms with Crippen LogP contribution in [-0.2, 0) is 0 Å².